The molecule has 4 rings (SSSR count). The molecule has 0 aliphatic carbocycles. The lowest BCUT2D eigenvalue weighted by Crippen LogP contribution is -2.39. The van der Waals surface area contributed by atoms with E-state index in [0.29, 0.717) is 12.2 Å². The summed E-state index contributed by atoms with van der Waals surface area (Å²) in [6.07, 6.45) is 3.69. The first-order valence-electron chi connectivity index (χ1n) is 11.4. The molecule has 0 spiro atoms. The SMILES string of the molecule is CS(=O)(=O)c1ccc(C(=O)Nc2c(Cl)cc(NC(=O)N3CCCC3Cc3ccc(Br)cc3)cc2Cl)cc1. The number of likely N-dealkylation sites (tertiary alicyclic amines) is 1. The third-order valence-electron chi connectivity index (χ3n) is 6.10. The van der Waals surface area contributed by atoms with Crippen LogP contribution in [0.1, 0.15) is 28.8 Å². The van der Waals surface area contributed by atoms with Crippen molar-refractivity contribution in [2.75, 3.05) is 23.4 Å². The molecule has 0 saturated carbocycles. The summed E-state index contributed by atoms with van der Waals surface area (Å²) in [5.74, 6) is -0.506. The van der Waals surface area contributed by atoms with Crippen molar-refractivity contribution >= 4 is 72.3 Å². The number of carbonyl (C=O) groups is 2. The summed E-state index contributed by atoms with van der Waals surface area (Å²) in [6, 6.07) is 16.5. The number of benzene rings is 3. The van der Waals surface area contributed by atoms with Gasteiger partial charge in [0.05, 0.1) is 20.6 Å². The maximum Gasteiger partial charge on any atom is 0.322 e. The maximum atomic E-state index is 13.0. The molecule has 11 heteroatoms. The molecule has 1 heterocycles. The summed E-state index contributed by atoms with van der Waals surface area (Å²) in [5.41, 5.74) is 1.99. The summed E-state index contributed by atoms with van der Waals surface area (Å²) in [5, 5.41) is 5.81. The van der Waals surface area contributed by atoms with Crippen LogP contribution in [-0.2, 0) is 16.3 Å². The van der Waals surface area contributed by atoms with Crippen molar-refractivity contribution in [2.24, 2.45) is 0 Å². The monoisotopic (exact) mass is 623 g/mol. The second-order valence-electron chi connectivity index (χ2n) is 8.82. The molecule has 1 atom stereocenters. The van der Waals surface area contributed by atoms with Crippen molar-refractivity contribution < 1.29 is 18.0 Å². The molecular formula is C26H24BrCl2N3O4S. The molecule has 1 saturated heterocycles. The quantitative estimate of drug-likeness (QED) is 0.321. The second kappa shape index (κ2) is 11.4. The average molecular weight is 625 g/mol. The van der Waals surface area contributed by atoms with E-state index in [1.165, 1.54) is 36.4 Å². The maximum absolute atomic E-state index is 13.0. The Morgan fingerprint density at radius 1 is 1.00 bits per heavy atom. The Balaban J connectivity index is 1.43. The number of rotatable bonds is 6. The highest BCUT2D eigenvalue weighted by atomic mass is 79.9. The minimum absolute atomic E-state index is 0.0831. The van der Waals surface area contributed by atoms with Gasteiger partial charge in [-0.25, -0.2) is 13.2 Å². The van der Waals surface area contributed by atoms with Gasteiger partial charge in [-0.2, -0.15) is 0 Å². The Kier molecular flexibility index (Phi) is 8.48. The molecule has 194 valence electrons. The van der Waals surface area contributed by atoms with Gasteiger partial charge in [0.15, 0.2) is 9.84 Å². The van der Waals surface area contributed by atoms with Crippen LogP contribution in [0, 0.1) is 0 Å². The molecular weight excluding hydrogens is 601 g/mol. The Bertz CT molecular complexity index is 1410. The molecule has 3 aromatic carbocycles. The minimum Gasteiger partial charge on any atom is -0.321 e. The molecule has 1 aliphatic heterocycles. The van der Waals surface area contributed by atoms with Gasteiger partial charge in [0.2, 0.25) is 0 Å². The van der Waals surface area contributed by atoms with Crippen molar-refractivity contribution in [3.05, 3.63) is 86.3 Å². The molecule has 3 aromatic rings. The van der Waals surface area contributed by atoms with Gasteiger partial charge in [-0.15, -0.1) is 0 Å². The van der Waals surface area contributed by atoms with Gasteiger partial charge in [0.1, 0.15) is 0 Å². The molecule has 3 amide bonds. The molecule has 0 aromatic heterocycles. The fourth-order valence-electron chi connectivity index (χ4n) is 4.21. The number of nitrogens with zero attached hydrogens (tertiary/aromatic N) is 1. The normalized spacial score (nSPS) is 15.5. The predicted molar refractivity (Wildman–Crippen MR) is 151 cm³/mol. The van der Waals surface area contributed by atoms with Crippen LogP contribution in [0.25, 0.3) is 0 Å². The Hall–Kier alpha value is -2.59. The first-order chi connectivity index (χ1) is 17.5. The van der Waals surface area contributed by atoms with E-state index < -0.39 is 15.7 Å². The van der Waals surface area contributed by atoms with Crippen molar-refractivity contribution in [2.45, 2.75) is 30.2 Å². The first kappa shape index (κ1) is 27.4. The summed E-state index contributed by atoms with van der Waals surface area (Å²) in [6.45, 7) is 0.654. The van der Waals surface area contributed by atoms with E-state index in [1.807, 2.05) is 29.2 Å². The van der Waals surface area contributed by atoms with Gasteiger partial charge >= 0.3 is 6.03 Å². The van der Waals surface area contributed by atoms with Gasteiger partial charge in [0.25, 0.3) is 5.91 Å². The number of halogens is 3. The van der Waals surface area contributed by atoms with Crippen molar-refractivity contribution in [3.8, 4) is 0 Å². The van der Waals surface area contributed by atoms with E-state index in [9.17, 15) is 18.0 Å². The molecule has 2 N–H and O–H groups in total. The van der Waals surface area contributed by atoms with Gasteiger partial charge in [0, 0.05) is 34.6 Å². The fraction of sp³-hybridized carbons (Fsp3) is 0.231. The lowest BCUT2D eigenvalue weighted by Gasteiger charge is -2.25. The number of amides is 3. The summed E-state index contributed by atoms with van der Waals surface area (Å²) in [4.78, 5) is 27.6. The van der Waals surface area contributed by atoms with Crippen LogP contribution in [0.15, 0.2) is 70.0 Å². The van der Waals surface area contributed by atoms with Crippen LogP contribution in [0.5, 0.6) is 0 Å². The van der Waals surface area contributed by atoms with Crippen LogP contribution in [0.3, 0.4) is 0 Å². The van der Waals surface area contributed by atoms with E-state index in [-0.39, 0.29) is 38.3 Å². The number of carbonyl (C=O) groups excluding carboxylic acids is 2. The van der Waals surface area contributed by atoms with E-state index >= 15 is 0 Å². The average Bonchev–Trinajstić information content (AvgIpc) is 3.30. The highest BCUT2D eigenvalue weighted by molar-refractivity contribution is 9.10. The van der Waals surface area contributed by atoms with Crippen molar-refractivity contribution in [1.29, 1.82) is 0 Å². The van der Waals surface area contributed by atoms with Gasteiger partial charge in [-0.1, -0.05) is 51.3 Å². The van der Waals surface area contributed by atoms with Crippen LogP contribution in [0.4, 0.5) is 16.2 Å². The molecule has 0 radical (unpaired) electrons. The molecule has 1 aliphatic rings. The largest absolute Gasteiger partial charge is 0.322 e. The van der Waals surface area contributed by atoms with E-state index in [2.05, 4.69) is 26.6 Å². The van der Waals surface area contributed by atoms with E-state index in [1.54, 1.807) is 0 Å². The van der Waals surface area contributed by atoms with E-state index in [0.717, 1.165) is 35.6 Å². The van der Waals surface area contributed by atoms with Crippen molar-refractivity contribution in [1.82, 2.24) is 4.90 Å². The summed E-state index contributed by atoms with van der Waals surface area (Å²) < 4.78 is 24.3. The molecule has 7 nitrogen and oxygen atoms in total. The van der Waals surface area contributed by atoms with Crippen LogP contribution in [-0.4, -0.2) is 44.1 Å². The number of hydrogen-bond acceptors (Lipinski definition) is 4. The predicted octanol–water partition coefficient (Wildman–Crippen LogP) is 6.65. The fourth-order valence-corrected chi connectivity index (χ4v) is 5.68. The van der Waals surface area contributed by atoms with Crippen LogP contribution < -0.4 is 10.6 Å². The zero-order chi connectivity index (χ0) is 26.7. The number of hydrogen-bond donors (Lipinski definition) is 2. The van der Waals surface area contributed by atoms with Gasteiger partial charge in [-0.05, 0) is 73.4 Å². The Labute approximate surface area is 234 Å². The number of anilines is 2. The highest BCUT2D eigenvalue weighted by Gasteiger charge is 2.29. The topological polar surface area (TPSA) is 95.6 Å². The zero-order valence-corrected chi connectivity index (χ0v) is 23.7. The van der Waals surface area contributed by atoms with Gasteiger partial charge in [-0.3, -0.25) is 4.79 Å². The Morgan fingerprint density at radius 2 is 1.62 bits per heavy atom. The van der Waals surface area contributed by atoms with Gasteiger partial charge < -0.3 is 15.5 Å². The Morgan fingerprint density at radius 3 is 2.22 bits per heavy atom. The van der Waals surface area contributed by atoms with E-state index in [4.69, 9.17) is 23.2 Å². The molecule has 1 fully saturated rings. The zero-order valence-electron chi connectivity index (χ0n) is 19.8. The number of nitrogens with one attached hydrogen (secondary N) is 2. The minimum atomic E-state index is -3.37. The number of sulfone groups is 1. The lowest BCUT2D eigenvalue weighted by atomic mass is 10.0. The van der Waals surface area contributed by atoms with Crippen LogP contribution in [0.2, 0.25) is 10.0 Å². The lowest BCUT2D eigenvalue weighted by molar-refractivity contribution is 0.102. The standard InChI is InChI=1S/C26H24BrCl2N3O4S/c1-37(35,36)21-10-6-17(7-11-21)25(33)31-24-22(28)14-19(15-23(24)29)30-26(34)32-12-2-3-20(32)13-16-4-8-18(27)9-5-16/h4-11,14-15,20H,2-3,12-13H2,1H3,(H,30,34)(H,31,33). The summed E-state index contributed by atoms with van der Waals surface area (Å²) >= 11 is 16.2. The van der Waals surface area contributed by atoms with Crippen molar-refractivity contribution in [3.63, 3.8) is 0 Å². The highest BCUT2D eigenvalue weighted by Crippen LogP contribution is 2.35. The molecule has 0 bridgehead atoms. The molecule has 37 heavy (non-hydrogen) atoms. The summed E-state index contributed by atoms with van der Waals surface area (Å²) in [7, 11) is -3.37. The van der Waals surface area contributed by atoms with Crippen LogP contribution >= 0.6 is 39.1 Å². The number of urea groups is 1. The third-order valence-corrected chi connectivity index (χ3v) is 8.35. The smallest absolute Gasteiger partial charge is 0.321 e. The second-order valence-corrected chi connectivity index (χ2v) is 12.6. The first-order valence-corrected chi connectivity index (χ1v) is 14.9. The third kappa shape index (κ3) is 6.84. The molecule has 1 unspecified atom stereocenters.